The van der Waals surface area contributed by atoms with E-state index in [0.29, 0.717) is 24.0 Å². The third-order valence-electron chi connectivity index (χ3n) is 7.82. The van der Waals surface area contributed by atoms with Crippen LogP contribution in [-0.4, -0.2) is 85.2 Å². The van der Waals surface area contributed by atoms with Gasteiger partial charge in [-0.1, -0.05) is 64.2 Å². The zero-order valence-electron chi connectivity index (χ0n) is 26.9. The monoisotopic (exact) mass is 653 g/mol. The van der Waals surface area contributed by atoms with Gasteiger partial charge in [0, 0.05) is 12.8 Å². The molecule has 0 amide bonds. The molecule has 3 aromatic carbocycles. The first-order valence-corrected chi connectivity index (χ1v) is 15.1. The number of phenols is 2. The Bertz CT molecular complexity index is 1430. The third kappa shape index (κ3) is 13.0. The Morgan fingerprint density at radius 3 is 1.13 bits per heavy atom. The van der Waals surface area contributed by atoms with Crippen LogP contribution in [0, 0.1) is 20.8 Å². The molecule has 0 fully saturated rings. The number of aromatic hydroxyl groups is 2. The Labute approximate surface area is 273 Å². The predicted octanol–water partition coefficient (Wildman–Crippen LogP) is 3.98. The number of nitrogens with zero attached hydrogens (tertiary/aromatic N) is 1. The molecular weight excluding hydrogens is 610 g/mol. The number of aliphatic carboxylic acids is 4. The first-order valence-electron chi connectivity index (χ1n) is 15.1. The highest BCUT2D eigenvalue weighted by Gasteiger charge is 2.30. The molecule has 6 N–H and O–H groups in total. The molecule has 0 spiro atoms. The topological polar surface area (TPSA) is 213 Å². The zero-order chi connectivity index (χ0) is 35.3. The molecule has 0 saturated heterocycles. The van der Waals surface area contributed by atoms with Gasteiger partial charge in [-0.2, -0.15) is 0 Å². The van der Waals surface area contributed by atoms with Crippen LogP contribution in [0.25, 0.3) is 0 Å². The summed E-state index contributed by atoms with van der Waals surface area (Å²) in [7, 11) is 0. The van der Waals surface area contributed by atoms with Gasteiger partial charge in [-0.05, 0) is 44.0 Å². The lowest BCUT2D eigenvalue weighted by molar-refractivity contribution is -0.926. The molecule has 0 heterocycles. The van der Waals surface area contributed by atoms with E-state index in [1.54, 1.807) is 12.1 Å². The normalized spacial score (nSPS) is 11.0. The van der Waals surface area contributed by atoms with Crippen molar-refractivity contribution in [1.29, 1.82) is 0 Å². The van der Waals surface area contributed by atoms with E-state index in [4.69, 9.17) is 20.4 Å². The van der Waals surface area contributed by atoms with Crippen molar-refractivity contribution < 1.29 is 59.4 Å². The van der Waals surface area contributed by atoms with Crippen LogP contribution in [0.4, 0.5) is 0 Å². The summed E-state index contributed by atoms with van der Waals surface area (Å²) >= 11 is 0. The van der Waals surface area contributed by atoms with Gasteiger partial charge in [0.05, 0.1) is 51.9 Å². The fourth-order valence-corrected chi connectivity index (χ4v) is 5.32. The highest BCUT2D eigenvalue weighted by molar-refractivity contribution is 5.68. The molecule has 0 unspecified atom stereocenters. The molecule has 3 rings (SSSR count). The van der Waals surface area contributed by atoms with E-state index in [2.05, 4.69) is 0 Å². The van der Waals surface area contributed by atoms with Crippen LogP contribution < -0.4 is 5.11 Å². The van der Waals surface area contributed by atoms with Crippen molar-refractivity contribution in [2.75, 3.05) is 26.2 Å². The van der Waals surface area contributed by atoms with E-state index < -0.39 is 23.9 Å². The van der Waals surface area contributed by atoms with Gasteiger partial charge in [-0.25, -0.2) is 0 Å². The molecule has 12 heteroatoms. The van der Waals surface area contributed by atoms with E-state index in [0.717, 1.165) is 27.8 Å². The Hall–Kier alpha value is -5.10. The third-order valence-corrected chi connectivity index (χ3v) is 7.82. The highest BCUT2D eigenvalue weighted by atomic mass is 16.4. The second kappa shape index (κ2) is 17.6. The van der Waals surface area contributed by atoms with Crippen LogP contribution >= 0.6 is 0 Å². The number of hydrogen-bond acceptors (Lipinski definition) is 7. The summed E-state index contributed by atoms with van der Waals surface area (Å²) in [6.45, 7) is 5.89. The standard InChI is InChI=1S/C23H24O3.C12H19NO8/c1-14-4-6-21(24)17(8-14)12-19-10-16(3)11-20(23(19)26)13-18-9-15(2)5-7-22(18)25;14-9(15)1-5-13(6-2-10(16)17,7-3-11(18)19)8-4-12(20)21/h4-11,24-26H,12-13H2,1-3H3;1-8H2,(H3-,14,15,16,17,18,19,20,21). The summed E-state index contributed by atoms with van der Waals surface area (Å²) in [4.78, 5) is 42.8. The lowest BCUT2D eigenvalue weighted by Gasteiger charge is -2.37. The number of aryl methyl sites for hydroxylation is 3. The number of phenolic OH excluding ortho intramolecular Hbond substituents is 2. The maximum atomic E-state index is 13.0. The van der Waals surface area contributed by atoms with Crippen LogP contribution in [0.1, 0.15) is 64.6 Å². The van der Waals surface area contributed by atoms with Crippen LogP contribution in [0.5, 0.6) is 17.2 Å². The molecule has 0 aromatic heterocycles. The van der Waals surface area contributed by atoms with Crippen LogP contribution in [0.2, 0.25) is 0 Å². The molecule has 47 heavy (non-hydrogen) atoms. The summed E-state index contributed by atoms with van der Waals surface area (Å²) in [5, 5.41) is 68.1. The van der Waals surface area contributed by atoms with Gasteiger partial charge in [0.1, 0.15) is 11.5 Å². The van der Waals surface area contributed by atoms with Crippen molar-refractivity contribution in [3.05, 3.63) is 87.5 Å². The first kappa shape index (κ1) is 38.1. The lowest BCUT2D eigenvalue weighted by atomic mass is 9.94. The van der Waals surface area contributed by atoms with Gasteiger partial charge >= 0.3 is 23.9 Å². The zero-order valence-corrected chi connectivity index (χ0v) is 26.9. The summed E-state index contributed by atoms with van der Waals surface area (Å²) < 4.78 is -0.142. The molecule has 0 bridgehead atoms. The van der Waals surface area contributed by atoms with E-state index >= 15 is 0 Å². The van der Waals surface area contributed by atoms with Crippen LogP contribution in [0.15, 0.2) is 48.5 Å². The van der Waals surface area contributed by atoms with Crippen molar-refractivity contribution >= 4 is 23.9 Å². The number of quaternary nitrogens is 1. The smallest absolute Gasteiger partial charge is 0.309 e. The fourth-order valence-electron chi connectivity index (χ4n) is 5.32. The second-order valence-electron chi connectivity index (χ2n) is 11.8. The molecular formula is C35H43NO11. The van der Waals surface area contributed by atoms with E-state index in [1.807, 2.05) is 57.2 Å². The molecule has 0 aliphatic rings. The van der Waals surface area contributed by atoms with Crippen molar-refractivity contribution in [1.82, 2.24) is 0 Å². The molecule has 0 aliphatic heterocycles. The van der Waals surface area contributed by atoms with Crippen LogP contribution in [0.3, 0.4) is 0 Å². The molecule has 12 nitrogen and oxygen atoms in total. The Kier molecular flexibility index (Phi) is 14.2. The number of carboxylic acids is 4. The Balaban J connectivity index is 0.000000336. The highest BCUT2D eigenvalue weighted by Crippen LogP contribution is 2.31. The summed E-state index contributed by atoms with van der Waals surface area (Å²) in [5.41, 5.74) is 5.90. The number of benzene rings is 3. The average molecular weight is 654 g/mol. The van der Waals surface area contributed by atoms with Gasteiger partial charge in [0.2, 0.25) is 0 Å². The van der Waals surface area contributed by atoms with Gasteiger partial charge in [-0.3, -0.25) is 19.2 Å². The molecule has 0 atom stereocenters. The number of hydrogen-bond donors (Lipinski definition) is 6. The molecule has 0 radical (unpaired) electrons. The van der Waals surface area contributed by atoms with Gasteiger partial charge in [0.15, 0.2) is 0 Å². The fraction of sp³-hybridized carbons (Fsp3) is 0.371. The van der Waals surface area contributed by atoms with E-state index in [9.17, 15) is 34.5 Å². The minimum Gasteiger partial charge on any atom is -0.872 e. The molecule has 3 aromatic rings. The minimum atomic E-state index is -1.10. The molecule has 0 saturated carbocycles. The largest absolute Gasteiger partial charge is 0.872 e. The van der Waals surface area contributed by atoms with Crippen molar-refractivity contribution in [3.8, 4) is 17.2 Å². The summed E-state index contributed by atoms with van der Waals surface area (Å²) in [6, 6.07) is 14.6. The number of rotatable bonds is 16. The SMILES string of the molecule is Cc1ccc(O)c(Cc2cc(C)cc(Cc3cc(C)ccc3O)c2[O-])c1.O=C(O)CC[N+](CCC(=O)O)(CCC(=O)O)CCC(=O)O. The predicted molar refractivity (Wildman–Crippen MR) is 171 cm³/mol. The van der Waals surface area contributed by atoms with Gasteiger partial charge < -0.3 is 40.2 Å². The number of carbonyl (C=O) groups is 4. The second-order valence-corrected chi connectivity index (χ2v) is 11.8. The average Bonchev–Trinajstić information content (AvgIpc) is 2.98. The van der Waals surface area contributed by atoms with Crippen molar-refractivity contribution in [2.24, 2.45) is 0 Å². The minimum absolute atomic E-state index is 0.00315. The molecule has 0 aliphatic carbocycles. The maximum absolute atomic E-state index is 13.0. The Morgan fingerprint density at radius 1 is 0.532 bits per heavy atom. The Morgan fingerprint density at radius 2 is 0.830 bits per heavy atom. The van der Waals surface area contributed by atoms with Gasteiger partial charge in [0.25, 0.3) is 0 Å². The summed E-state index contributed by atoms with van der Waals surface area (Å²) in [6.07, 6.45) is -0.336. The maximum Gasteiger partial charge on any atom is 0.309 e. The lowest BCUT2D eigenvalue weighted by Crippen LogP contribution is -2.52. The summed E-state index contributed by atoms with van der Waals surface area (Å²) in [5.74, 6) is -4.02. The molecule has 254 valence electrons. The quantitative estimate of drug-likeness (QED) is 0.122. The first-order chi connectivity index (χ1) is 22.0. The van der Waals surface area contributed by atoms with E-state index in [1.165, 1.54) is 0 Å². The van der Waals surface area contributed by atoms with Crippen molar-refractivity contribution in [2.45, 2.75) is 59.3 Å². The van der Waals surface area contributed by atoms with Gasteiger partial charge in [-0.15, -0.1) is 5.75 Å². The van der Waals surface area contributed by atoms with Crippen molar-refractivity contribution in [3.63, 3.8) is 0 Å². The number of carboxylic acid groups (broad SMARTS) is 4. The van der Waals surface area contributed by atoms with Crippen LogP contribution in [-0.2, 0) is 32.0 Å². The van der Waals surface area contributed by atoms with E-state index in [-0.39, 0.29) is 73.6 Å².